The summed E-state index contributed by atoms with van der Waals surface area (Å²) in [4.78, 5) is 16.5. The molecule has 0 saturated carbocycles. The Bertz CT molecular complexity index is 1300. The quantitative estimate of drug-likeness (QED) is 0.699. The Morgan fingerprint density at radius 1 is 1.09 bits per heavy atom. The number of urea groups is 1. The number of nitrogens with one attached hydrogen (secondary N) is 1. The summed E-state index contributed by atoms with van der Waals surface area (Å²) in [5.74, 6) is 1.59. The largest absolute Gasteiger partial charge is 0.493 e. The van der Waals surface area contributed by atoms with Crippen molar-refractivity contribution in [2.24, 2.45) is 0 Å². The molecule has 3 heterocycles. The van der Waals surface area contributed by atoms with Gasteiger partial charge in [-0.25, -0.2) is 13.2 Å². The minimum atomic E-state index is -2.94. The molecular weight excluding hydrogens is 466 g/mol. The van der Waals surface area contributed by atoms with Crippen molar-refractivity contribution in [3.8, 4) is 11.5 Å². The van der Waals surface area contributed by atoms with Crippen molar-refractivity contribution in [3.63, 3.8) is 0 Å². The Balaban J connectivity index is 1.52. The van der Waals surface area contributed by atoms with E-state index >= 15 is 0 Å². The summed E-state index contributed by atoms with van der Waals surface area (Å²) < 4.78 is 34.9. The number of anilines is 1. The van der Waals surface area contributed by atoms with Gasteiger partial charge < -0.3 is 19.7 Å². The Hall–Kier alpha value is -3.20. The van der Waals surface area contributed by atoms with Crippen molar-refractivity contribution in [2.75, 3.05) is 45.0 Å². The summed E-state index contributed by atoms with van der Waals surface area (Å²) in [7, 11) is 1.92. The number of ether oxygens (including phenoxy) is 2. The van der Waals surface area contributed by atoms with Gasteiger partial charge in [-0.05, 0) is 60.7 Å². The smallest absolute Gasteiger partial charge is 0.321 e. The third-order valence-corrected chi connectivity index (χ3v) is 10.1. The fourth-order valence-electron chi connectivity index (χ4n) is 5.31. The Morgan fingerprint density at radius 3 is 2.29 bits per heavy atom. The fraction of sp³-hybridized carbons (Fsp3) is 0.423. The van der Waals surface area contributed by atoms with Crippen molar-refractivity contribution in [2.45, 2.75) is 30.6 Å². The van der Waals surface area contributed by atoms with Crippen molar-refractivity contribution >= 4 is 27.1 Å². The molecule has 0 bridgehead atoms. The third kappa shape index (κ3) is 3.73. The zero-order valence-corrected chi connectivity index (χ0v) is 21.3. The summed E-state index contributed by atoms with van der Waals surface area (Å²) in [5.41, 5.74) is 4.91. The molecule has 186 valence electrons. The van der Waals surface area contributed by atoms with Crippen molar-refractivity contribution in [3.05, 3.63) is 59.3 Å². The molecule has 1 atom stereocenters. The zero-order chi connectivity index (χ0) is 25.0. The fourth-order valence-corrected chi connectivity index (χ4v) is 7.13. The lowest BCUT2D eigenvalue weighted by molar-refractivity contribution is 0.205. The van der Waals surface area contributed by atoms with Gasteiger partial charge in [0.2, 0.25) is 0 Å². The number of carbonyl (C=O) groups excluding carboxylic acids is 1. The van der Waals surface area contributed by atoms with Crippen LogP contribution in [-0.2, 0) is 16.3 Å². The van der Waals surface area contributed by atoms with Gasteiger partial charge in [-0.15, -0.1) is 0 Å². The molecule has 35 heavy (non-hydrogen) atoms. The molecular formula is C26H31N3O5S. The Kier molecular flexibility index (Phi) is 5.70. The third-order valence-electron chi connectivity index (χ3n) is 7.59. The van der Waals surface area contributed by atoms with E-state index in [1.54, 1.807) is 26.2 Å². The maximum Gasteiger partial charge on any atom is 0.321 e. The number of carbonyl (C=O) groups is 1. The molecule has 5 rings (SSSR count). The van der Waals surface area contributed by atoms with Crippen LogP contribution in [-0.4, -0.2) is 70.2 Å². The highest BCUT2D eigenvalue weighted by Gasteiger charge is 2.59. The van der Waals surface area contributed by atoms with E-state index in [0.717, 1.165) is 34.4 Å². The molecule has 0 aliphatic carbocycles. The minimum Gasteiger partial charge on any atom is -0.493 e. The average Bonchev–Trinajstić information content (AvgIpc) is 2.97. The second-order valence-electron chi connectivity index (χ2n) is 9.58. The summed E-state index contributed by atoms with van der Waals surface area (Å²) in [6, 6.07) is 11.8. The van der Waals surface area contributed by atoms with E-state index in [4.69, 9.17) is 9.47 Å². The number of rotatable bonds is 4. The van der Waals surface area contributed by atoms with E-state index in [9.17, 15) is 13.2 Å². The topological polar surface area (TPSA) is 88.2 Å². The van der Waals surface area contributed by atoms with Gasteiger partial charge in [-0.3, -0.25) is 4.90 Å². The lowest BCUT2D eigenvalue weighted by Gasteiger charge is -2.55. The van der Waals surface area contributed by atoms with Crippen LogP contribution >= 0.6 is 0 Å². The molecule has 2 fully saturated rings. The van der Waals surface area contributed by atoms with Crippen molar-refractivity contribution < 1.29 is 22.7 Å². The van der Waals surface area contributed by atoms with Crippen molar-refractivity contribution in [1.82, 2.24) is 10.2 Å². The first-order chi connectivity index (χ1) is 16.7. The Labute approximate surface area is 206 Å². The van der Waals surface area contributed by atoms with E-state index in [1.807, 2.05) is 49.5 Å². The lowest BCUT2D eigenvalue weighted by atomic mass is 9.91. The van der Waals surface area contributed by atoms with Crippen LogP contribution < -0.4 is 19.7 Å². The molecule has 1 spiro atoms. The molecule has 8 nitrogen and oxygen atoms in total. The van der Waals surface area contributed by atoms with Gasteiger partial charge in [0.05, 0.1) is 20.0 Å². The molecule has 2 aromatic carbocycles. The van der Waals surface area contributed by atoms with E-state index < -0.39 is 14.6 Å². The van der Waals surface area contributed by atoms with E-state index in [0.29, 0.717) is 36.8 Å². The molecule has 2 amide bonds. The van der Waals surface area contributed by atoms with Gasteiger partial charge in [-0.1, -0.05) is 12.1 Å². The van der Waals surface area contributed by atoms with Crippen LogP contribution in [0.3, 0.4) is 0 Å². The highest BCUT2D eigenvalue weighted by Crippen LogP contribution is 2.44. The first-order valence-electron chi connectivity index (χ1n) is 11.8. The van der Waals surface area contributed by atoms with Gasteiger partial charge in [0.25, 0.3) is 0 Å². The zero-order valence-electron chi connectivity index (χ0n) is 20.5. The molecule has 2 saturated heterocycles. The molecule has 0 aromatic heterocycles. The summed E-state index contributed by atoms with van der Waals surface area (Å²) >= 11 is 0. The number of benzene rings is 2. The van der Waals surface area contributed by atoms with Crippen LogP contribution in [0.1, 0.15) is 30.0 Å². The summed E-state index contributed by atoms with van der Waals surface area (Å²) in [6.45, 7) is 3.13. The number of fused-ring (bicyclic) bond motifs is 1. The number of methoxy groups -OCH3 is 2. The number of amides is 2. The van der Waals surface area contributed by atoms with Gasteiger partial charge in [0.1, 0.15) is 4.75 Å². The van der Waals surface area contributed by atoms with E-state index in [1.165, 1.54) is 0 Å². The van der Waals surface area contributed by atoms with Crippen LogP contribution in [0.5, 0.6) is 11.5 Å². The maximum atomic E-state index is 12.7. The van der Waals surface area contributed by atoms with Gasteiger partial charge in [-0.2, -0.15) is 0 Å². The van der Waals surface area contributed by atoms with Gasteiger partial charge in [0.15, 0.2) is 21.3 Å². The predicted molar refractivity (Wildman–Crippen MR) is 136 cm³/mol. The molecule has 3 aliphatic rings. The lowest BCUT2D eigenvalue weighted by Crippen LogP contribution is -2.72. The molecule has 3 aliphatic heterocycles. The number of nitrogens with zero attached hydrogens (tertiary/aromatic N) is 2. The van der Waals surface area contributed by atoms with Crippen LogP contribution in [0.15, 0.2) is 42.6 Å². The number of sulfone groups is 1. The molecule has 0 unspecified atom stereocenters. The monoisotopic (exact) mass is 497 g/mol. The van der Waals surface area contributed by atoms with Crippen molar-refractivity contribution in [1.29, 1.82) is 0 Å². The SMILES string of the molecule is CNC(=O)N1C=C(c2ccc(N3CC4(CCS4(=O)=O)C3)cc2)c2cc(OC)c(OC)cc2C[C@H]1C. The predicted octanol–water partition coefficient (Wildman–Crippen LogP) is 3.06. The second-order valence-corrected chi connectivity index (χ2v) is 12.1. The first kappa shape index (κ1) is 23.5. The Morgan fingerprint density at radius 2 is 1.74 bits per heavy atom. The maximum absolute atomic E-state index is 12.7. The number of hydrogen-bond acceptors (Lipinski definition) is 6. The average molecular weight is 498 g/mol. The standard InChI is InChI=1S/C26H31N3O5S/c1-17-11-19-12-23(33-3)24(34-4)13-21(19)22(14-29(17)25(30)27-2)18-5-7-20(8-6-18)28-15-26(16-28)9-10-35(26,31)32/h5-8,12-14,17H,9-11,15-16H2,1-4H3,(H,27,30)/t17-/m1/s1. The minimum absolute atomic E-state index is 0.0646. The summed E-state index contributed by atoms with van der Waals surface area (Å²) in [5, 5.41) is 2.74. The van der Waals surface area contributed by atoms with Gasteiger partial charge >= 0.3 is 6.03 Å². The highest BCUT2D eigenvalue weighted by molar-refractivity contribution is 7.94. The second kappa shape index (κ2) is 8.48. The molecule has 9 heteroatoms. The normalized spacial score (nSPS) is 21.7. The van der Waals surface area contributed by atoms with Crippen LogP contribution in [0.4, 0.5) is 10.5 Å². The summed E-state index contributed by atoms with van der Waals surface area (Å²) in [6.07, 6.45) is 3.31. The van der Waals surface area contributed by atoms with E-state index in [2.05, 4.69) is 10.2 Å². The molecule has 1 N–H and O–H groups in total. The van der Waals surface area contributed by atoms with Gasteiger partial charge in [0, 0.05) is 43.6 Å². The number of hydrogen-bond donors (Lipinski definition) is 1. The first-order valence-corrected chi connectivity index (χ1v) is 13.4. The highest BCUT2D eigenvalue weighted by atomic mass is 32.2. The van der Waals surface area contributed by atoms with Crippen LogP contribution in [0.2, 0.25) is 0 Å². The van der Waals surface area contributed by atoms with Crippen LogP contribution in [0, 0.1) is 0 Å². The molecule has 0 radical (unpaired) electrons. The molecule has 2 aromatic rings. The van der Waals surface area contributed by atoms with Crippen LogP contribution in [0.25, 0.3) is 5.57 Å². The van der Waals surface area contributed by atoms with E-state index in [-0.39, 0.29) is 12.1 Å².